The van der Waals surface area contributed by atoms with Crippen LogP contribution in [-0.4, -0.2) is 31.3 Å². The van der Waals surface area contributed by atoms with Crippen LogP contribution in [0.15, 0.2) is 18.2 Å². The van der Waals surface area contributed by atoms with Crippen LogP contribution in [0.25, 0.3) is 0 Å². The van der Waals surface area contributed by atoms with Gasteiger partial charge in [-0.05, 0) is 37.1 Å². The third-order valence-corrected chi connectivity index (χ3v) is 3.28. The highest BCUT2D eigenvalue weighted by Gasteiger charge is 2.11. The van der Waals surface area contributed by atoms with E-state index in [2.05, 4.69) is 17.0 Å². The molecule has 1 saturated heterocycles. The molecule has 0 aliphatic carbocycles. The van der Waals surface area contributed by atoms with Crippen molar-refractivity contribution in [3.8, 4) is 0 Å². The normalized spacial score (nSPS) is 16.6. The molecule has 2 N–H and O–H groups in total. The van der Waals surface area contributed by atoms with Gasteiger partial charge in [-0.25, -0.2) is 0 Å². The summed E-state index contributed by atoms with van der Waals surface area (Å²) in [7, 11) is 0. The Labute approximate surface area is 108 Å². The number of nitrogens with zero attached hydrogens (tertiary/aromatic N) is 1. The van der Waals surface area contributed by atoms with Gasteiger partial charge in [-0.2, -0.15) is 0 Å². The van der Waals surface area contributed by atoms with Crippen molar-refractivity contribution in [3.63, 3.8) is 0 Å². The zero-order valence-electron chi connectivity index (χ0n) is 10.1. The van der Waals surface area contributed by atoms with Crippen molar-refractivity contribution in [2.24, 2.45) is 5.73 Å². The first kappa shape index (κ1) is 12.3. The number of nitrogens with two attached hydrogens (primary N) is 1. The maximum absolute atomic E-state index is 5.67. The molecule has 1 aromatic rings. The van der Waals surface area contributed by atoms with Crippen LogP contribution in [0, 0.1) is 6.92 Å². The topological polar surface area (TPSA) is 38.5 Å². The van der Waals surface area contributed by atoms with Crippen molar-refractivity contribution in [2.75, 3.05) is 31.2 Å². The number of thiocarbonyl (C=S) groups is 1. The third-order valence-electron chi connectivity index (χ3n) is 3.06. The Morgan fingerprint density at radius 2 is 2.18 bits per heavy atom. The number of aryl methyl sites for hydroxylation is 1. The van der Waals surface area contributed by atoms with Crippen molar-refractivity contribution in [3.05, 3.63) is 29.3 Å². The molecule has 0 aromatic heterocycles. The van der Waals surface area contributed by atoms with Gasteiger partial charge in [0.2, 0.25) is 0 Å². The average molecular weight is 250 g/mol. The molecule has 4 heteroatoms. The van der Waals surface area contributed by atoms with Gasteiger partial charge in [0.1, 0.15) is 4.99 Å². The smallest absolute Gasteiger partial charge is 0.104 e. The van der Waals surface area contributed by atoms with Gasteiger partial charge in [0.25, 0.3) is 0 Å². The van der Waals surface area contributed by atoms with E-state index in [4.69, 9.17) is 22.7 Å². The van der Waals surface area contributed by atoms with Gasteiger partial charge in [-0.1, -0.05) is 12.2 Å². The van der Waals surface area contributed by atoms with E-state index in [0.717, 1.165) is 43.9 Å². The highest BCUT2D eigenvalue weighted by Crippen LogP contribution is 2.20. The Morgan fingerprint density at radius 1 is 1.35 bits per heavy atom. The monoisotopic (exact) mass is 250 g/mol. The highest BCUT2D eigenvalue weighted by molar-refractivity contribution is 7.80. The molecule has 0 amide bonds. The number of ether oxygens (including phenoxy) is 1. The summed E-state index contributed by atoms with van der Waals surface area (Å²) < 4.78 is 5.46. The van der Waals surface area contributed by atoms with E-state index in [0.29, 0.717) is 4.99 Å². The van der Waals surface area contributed by atoms with E-state index in [1.165, 1.54) is 5.69 Å². The number of benzene rings is 1. The van der Waals surface area contributed by atoms with Crippen molar-refractivity contribution >= 4 is 22.9 Å². The number of hydrogen-bond donors (Lipinski definition) is 1. The molecule has 2 rings (SSSR count). The molecule has 0 bridgehead atoms. The van der Waals surface area contributed by atoms with Crippen molar-refractivity contribution in [1.29, 1.82) is 0 Å². The lowest BCUT2D eigenvalue weighted by Gasteiger charge is -2.23. The SMILES string of the molecule is Cc1cc(N2CCCOCC2)ccc1C(N)=S. The fourth-order valence-corrected chi connectivity index (χ4v) is 2.35. The van der Waals surface area contributed by atoms with Gasteiger partial charge in [0.05, 0.1) is 6.61 Å². The minimum absolute atomic E-state index is 0.466. The van der Waals surface area contributed by atoms with Gasteiger partial charge in [0, 0.05) is 30.9 Å². The predicted molar refractivity (Wildman–Crippen MR) is 74.7 cm³/mol. The van der Waals surface area contributed by atoms with E-state index in [1.807, 2.05) is 13.0 Å². The van der Waals surface area contributed by atoms with Crippen molar-refractivity contribution in [2.45, 2.75) is 13.3 Å². The standard InChI is InChI=1S/C13H18N2OS/c1-10-9-11(3-4-12(10)13(14)17)15-5-2-7-16-8-6-15/h3-4,9H,2,5-8H2,1H3,(H2,14,17). The van der Waals surface area contributed by atoms with Gasteiger partial charge in [-0.3, -0.25) is 0 Å². The third kappa shape index (κ3) is 2.96. The summed E-state index contributed by atoms with van der Waals surface area (Å²) in [6.45, 7) is 5.71. The molecule has 1 aromatic carbocycles. The van der Waals surface area contributed by atoms with Gasteiger partial charge < -0.3 is 15.4 Å². The van der Waals surface area contributed by atoms with Crippen LogP contribution in [0.3, 0.4) is 0 Å². The van der Waals surface area contributed by atoms with Crippen LogP contribution in [0.1, 0.15) is 17.5 Å². The van der Waals surface area contributed by atoms with E-state index < -0.39 is 0 Å². The van der Waals surface area contributed by atoms with Crippen LogP contribution in [0.5, 0.6) is 0 Å². The summed E-state index contributed by atoms with van der Waals surface area (Å²) in [5, 5.41) is 0. The second-order valence-electron chi connectivity index (χ2n) is 4.32. The van der Waals surface area contributed by atoms with Crippen molar-refractivity contribution in [1.82, 2.24) is 0 Å². The quantitative estimate of drug-likeness (QED) is 0.813. The molecule has 0 unspecified atom stereocenters. The van der Waals surface area contributed by atoms with Gasteiger partial charge in [-0.15, -0.1) is 0 Å². The molecule has 92 valence electrons. The fraction of sp³-hybridized carbons (Fsp3) is 0.462. The maximum atomic E-state index is 5.67. The molecule has 1 aliphatic heterocycles. The molecular formula is C13H18N2OS. The lowest BCUT2D eigenvalue weighted by Crippen LogP contribution is -2.26. The number of hydrogen-bond acceptors (Lipinski definition) is 3. The van der Waals surface area contributed by atoms with Crippen LogP contribution in [0.4, 0.5) is 5.69 Å². The first-order valence-corrected chi connectivity index (χ1v) is 6.32. The molecule has 0 saturated carbocycles. The zero-order chi connectivity index (χ0) is 12.3. The summed E-state index contributed by atoms with van der Waals surface area (Å²) in [5.74, 6) is 0. The molecule has 0 radical (unpaired) electrons. The lowest BCUT2D eigenvalue weighted by atomic mass is 10.1. The van der Waals surface area contributed by atoms with Crippen molar-refractivity contribution < 1.29 is 4.74 Å². The predicted octanol–water partition coefficient (Wildman–Crippen LogP) is 1.86. The zero-order valence-corrected chi connectivity index (χ0v) is 10.9. The molecule has 1 aliphatic rings. The van der Waals surface area contributed by atoms with E-state index in [-0.39, 0.29) is 0 Å². The van der Waals surface area contributed by atoms with Gasteiger partial charge in [0.15, 0.2) is 0 Å². The lowest BCUT2D eigenvalue weighted by molar-refractivity contribution is 0.152. The Hall–Kier alpha value is -1.13. The van der Waals surface area contributed by atoms with Crippen LogP contribution < -0.4 is 10.6 Å². The largest absolute Gasteiger partial charge is 0.389 e. The Balaban J connectivity index is 2.21. The van der Waals surface area contributed by atoms with Crippen LogP contribution in [0.2, 0.25) is 0 Å². The first-order valence-electron chi connectivity index (χ1n) is 5.91. The van der Waals surface area contributed by atoms with Gasteiger partial charge >= 0.3 is 0 Å². The average Bonchev–Trinajstić information content (AvgIpc) is 2.56. The summed E-state index contributed by atoms with van der Waals surface area (Å²) >= 11 is 5.02. The Bertz CT molecular complexity index is 412. The minimum Gasteiger partial charge on any atom is -0.389 e. The molecule has 1 fully saturated rings. The molecule has 0 atom stereocenters. The minimum atomic E-state index is 0.466. The fourth-order valence-electron chi connectivity index (χ4n) is 2.13. The van der Waals surface area contributed by atoms with Crippen LogP contribution >= 0.6 is 12.2 Å². The molecule has 17 heavy (non-hydrogen) atoms. The summed E-state index contributed by atoms with van der Waals surface area (Å²) in [5.41, 5.74) is 9.00. The first-order chi connectivity index (χ1) is 8.18. The Morgan fingerprint density at radius 3 is 2.88 bits per heavy atom. The number of anilines is 1. The molecular weight excluding hydrogens is 232 g/mol. The van der Waals surface area contributed by atoms with E-state index >= 15 is 0 Å². The highest BCUT2D eigenvalue weighted by atomic mass is 32.1. The summed E-state index contributed by atoms with van der Waals surface area (Å²) in [6.07, 6.45) is 1.08. The van der Waals surface area contributed by atoms with E-state index in [1.54, 1.807) is 0 Å². The maximum Gasteiger partial charge on any atom is 0.104 e. The second kappa shape index (κ2) is 5.47. The van der Waals surface area contributed by atoms with Crippen LogP contribution in [-0.2, 0) is 4.74 Å². The second-order valence-corrected chi connectivity index (χ2v) is 4.76. The molecule has 0 spiro atoms. The summed E-state index contributed by atoms with van der Waals surface area (Å²) in [4.78, 5) is 2.82. The molecule has 1 heterocycles. The summed E-state index contributed by atoms with van der Waals surface area (Å²) in [6, 6.07) is 6.26. The number of rotatable bonds is 2. The Kier molecular flexibility index (Phi) is 3.97. The molecule has 3 nitrogen and oxygen atoms in total. The van der Waals surface area contributed by atoms with E-state index in [9.17, 15) is 0 Å².